The molecule has 1 heterocycles. The molecule has 0 bridgehead atoms. The fraction of sp³-hybridized carbons (Fsp3) is 0. The van der Waals surface area contributed by atoms with Gasteiger partial charge in [-0.25, -0.2) is 0 Å². The highest BCUT2D eigenvalue weighted by molar-refractivity contribution is 6.10. The van der Waals surface area contributed by atoms with Crippen molar-refractivity contribution in [2.24, 2.45) is 0 Å². The Morgan fingerprint density at radius 1 is 0.395 bits per heavy atom. The van der Waals surface area contributed by atoms with Crippen LogP contribution in [0, 0.1) is 0 Å². The van der Waals surface area contributed by atoms with Crippen molar-refractivity contribution in [3.63, 3.8) is 0 Å². The molecule has 180 valence electrons. The zero-order valence-corrected chi connectivity index (χ0v) is 20.8. The largest absolute Gasteiger partial charge is 0.455 e. The second kappa shape index (κ2) is 9.42. The molecule has 0 aliphatic rings. The third-order valence-corrected chi connectivity index (χ3v) is 7.08. The van der Waals surface area contributed by atoms with Crippen LogP contribution < -0.4 is 5.32 Å². The molecule has 0 amide bonds. The van der Waals surface area contributed by atoms with E-state index >= 15 is 0 Å². The summed E-state index contributed by atoms with van der Waals surface area (Å²) in [5.74, 6) is 0. The second-order valence-electron chi connectivity index (χ2n) is 9.51. The summed E-state index contributed by atoms with van der Waals surface area (Å²) in [5.41, 5.74) is 11.0. The molecule has 0 aliphatic heterocycles. The van der Waals surface area contributed by atoms with Crippen molar-refractivity contribution in [3.8, 4) is 33.4 Å². The molecule has 0 unspecified atom stereocenters. The lowest BCUT2D eigenvalue weighted by atomic mass is 10.0. The molecular formula is C36H25NO. The van der Waals surface area contributed by atoms with Crippen molar-refractivity contribution < 1.29 is 4.42 Å². The standard InChI is InChI=1S/C36H25NO/c1-3-8-25(9-4-1)26-14-16-27(17-15-26)28-18-20-30(21-19-28)37-31-22-23-35-34(24-31)33-13-7-12-32(36(33)38-35)29-10-5-2-6-11-29/h1-24,37H. The average Bonchev–Trinajstić information content (AvgIpc) is 3.37. The van der Waals surface area contributed by atoms with Gasteiger partial charge in [0.15, 0.2) is 0 Å². The maximum Gasteiger partial charge on any atom is 0.143 e. The molecule has 2 heteroatoms. The number of nitrogens with one attached hydrogen (secondary N) is 1. The molecule has 1 N–H and O–H groups in total. The fourth-order valence-corrected chi connectivity index (χ4v) is 5.12. The van der Waals surface area contributed by atoms with Crippen molar-refractivity contribution in [2.75, 3.05) is 5.32 Å². The maximum absolute atomic E-state index is 6.32. The maximum atomic E-state index is 6.32. The van der Waals surface area contributed by atoms with Gasteiger partial charge in [-0.05, 0) is 58.1 Å². The van der Waals surface area contributed by atoms with Crippen LogP contribution in [-0.4, -0.2) is 0 Å². The Balaban J connectivity index is 1.15. The summed E-state index contributed by atoms with van der Waals surface area (Å²) in [5, 5.41) is 5.80. The molecule has 0 atom stereocenters. The molecule has 7 rings (SSSR count). The van der Waals surface area contributed by atoms with Gasteiger partial charge in [-0.2, -0.15) is 0 Å². The lowest BCUT2D eigenvalue weighted by molar-refractivity contribution is 0.670. The summed E-state index contributed by atoms with van der Waals surface area (Å²) in [6, 6.07) is 50.9. The third-order valence-electron chi connectivity index (χ3n) is 7.08. The smallest absolute Gasteiger partial charge is 0.143 e. The first-order valence-electron chi connectivity index (χ1n) is 12.9. The topological polar surface area (TPSA) is 25.2 Å². The van der Waals surface area contributed by atoms with E-state index in [9.17, 15) is 0 Å². The van der Waals surface area contributed by atoms with Gasteiger partial charge in [0.2, 0.25) is 0 Å². The van der Waals surface area contributed by atoms with Crippen molar-refractivity contribution in [3.05, 3.63) is 146 Å². The lowest BCUT2D eigenvalue weighted by Crippen LogP contribution is -1.90. The molecule has 2 nitrogen and oxygen atoms in total. The molecule has 0 saturated carbocycles. The van der Waals surface area contributed by atoms with Gasteiger partial charge in [0, 0.05) is 27.7 Å². The lowest BCUT2D eigenvalue weighted by Gasteiger charge is -2.09. The van der Waals surface area contributed by atoms with E-state index in [1.54, 1.807) is 0 Å². The van der Waals surface area contributed by atoms with Gasteiger partial charge in [-0.1, -0.05) is 115 Å². The first-order chi connectivity index (χ1) is 18.8. The Bertz CT molecular complexity index is 1850. The summed E-state index contributed by atoms with van der Waals surface area (Å²) >= 11 is 0. The van der Waals surface area contributed by atoms with Gasteiger partial charge in [0.1, 0.15) is 11.2 Å². The zero-order valence-electron chi connectivity index (χ0n) is 20.8. The molecule has 1 aromatic heterocycles. The average molecular weight is 488 g/mol. The number of benzene rings is 6. The van der Waals surface area contributed by atoms with Crippen LogP contribution in [0.15, 0.2) is 150 Å². The Morgan fingerprint density at radius 2 is 0.947 bits per heavy atom. The van der Waals surface area contributed by atoms with Crippen LogP contribution in [-0.2, 0) is 0 Å². The van der Waals surface area contributed by atoms with Crippen molar-refractivity contribution in [2.45, 2.75) is 0 Å². The molecule has 0 saturated heterocycles. The van der Waals surface area contributed by atoms with Crippen LogP contribution in [0.2, 0.25) is 0 Å². The van der Waals surface area contributed by atoms with E-state index in [1.165, 1.54) is 22.3 Å². The highest BCUT2D eigenvalue weighted by atomic mass is 16.3. The van der Waals surface area contributed by atoms with E-state index in [0.29, 0.717) is 0 Å². The number of anilines is 2. The predicted molar refractivity (Wildman–Crippen MR) is 160 cm³/mol. The van der Waals surface area contributed by atoms with E-state index in [-0.39, 0.29) is 0 Å². The third kappa shape index (κ3) is 4.12. The summed E-state index contributed by atoms with van der Waals surface area (Å²) in [6.45, 7) is 0. The first kappa shape index (κ1) is 22.1. The van der Waals surface area contributed by atoms with Gasteiger partial charge in [-0.3, -0.25) is 0 Å². The van der Waals surface area contributed by atoms with E-state index in [1.807, 2.05) is 12.1 Å². The highest BCUT2D eigenvalue weighted by Gasteiger charge is 2.12. The number of fused-ring (bicyclic) bond motifs is 3. The Kier molecular flexibility index (Phi) is 5.49. The van der Waals surface area contributed by atoms with E-state index < -0.39 is 0 Å². The molecular weight excluding hydrogens is 462 g/mol. The molecule has 6 aromatic carbocycles. The minimum Gasteiger partial charge on any atom is -0.455 e. The van der Waals surface area contributed by atoms with Gasteiger partial charge >= 0.3 is 0 Å². The first-order valence-corrected chi connectivity index (χ1v) is 12.9. The Hall–Kier alpha value is -5.08. The molecule has 0 fully saturated rings. The van der Waals surface area contributed by atoms with E-state index in [0.717, 1.165) is 44.4 Å². The molecule has 0 radical (unpaired) electrons. The highest BCUT2D eigenvalue weighted by Crippen LogP contribution is 2.37. The van der Waals surface area contributed by atoms with Gasteiger partial charge in [0.25, 0.3) is 0 Å². The number of para-hydroxylation sites is 1. The monoisotopic (exact) mass is 487 g/mol. The Labute approximate surface area is 221 Å². The predicted octanol–water partition coefficient (Wildman–Crippen LogP) is 10.3. The van der Waals surface area contributed by atoms with Crippen LogP contribution >= 0.6 is 0 Å². The van der Waals surface area contributed by atoms with Crippen molar-refractivity contribution in [1.29, 1.82) is 0 Å². The van der Waals surface area contributed by atoms with Gasteiger partial charge in [0.05, 0.1) is 0 Å². The van der Waals surface area contributed by atoms with Gasteiger partial charge in [-0.15, -0.1) is 0 Å². The minimum absolute atomic E-state index is 0.892. The molecule has 38 heavy (non-hydrogen) atoms. The van der Waals surface area contributed by atoms with E-state index in [4.69, 9.17) is 4.42 Å². The summed E-state index contributed by atoms with van der Waals surface area (Å²) in [7, 11) is 0. The number of furan rings is 1. The number of hydrogen-bond acceptors (Lipinski definition) is 2. The summed E-state index contributed by atoms with van der Waals surface area (Å²) < 4.78 is 6.32. The number of hydrogen-bond donors (Lipinski definition) is 1. The molecule has 0 spiro atoms. The normalized spacial score (nSPS) is 11.2. The van der Waals surface area contributed by atoms with Crippen LogP contribution in [0.25, 0.3) is 55.3 Å². The second-order valence-corrected chi connectivity index (χ2v) is 9.51. The summed E-state index contributed by atoms with van der Waals surface area (Å²) in [4.78, 5) is 0. The number of rotatable bonds is 5. The van der Waals surface area contributed by atoms with Crippen molar-refractivity contribution >= 4 is 33.3 Å². The van der Waals surface area contributed by atoms with Crippen LogP contribution in [0.1, 0.15) is 0 Å². The van der Waals surface area contributed by atoms with Crippen molar-refractivity contribution in [1.82, 2.24) is 0 Å². The SMILES string of the molecule is c1ccc(-c2ccc(-c3ccc(Nc4ccc5oc6c(-c7ccccc7)cccc6c5c4)cc3)cc2)cc1. The Morgan fingerprint density at radius 3 is 1.61 bits per heavy atom. The van der Waals surface area contributed by atoms with Crippen LogP contribution in [0.3, 0.4) is 0 Å². The molecule has 0 aliphatic carbocycles. The van der Waals surface area contributed by atoms with Gasteiger partial charge < -0.3 is 9.73 Å². The molecule has 7 aromatic rings. The van der Waals surface area contributed by atoms with Crippen LogP contribution in [0.4, 0.5) is 11.4 Å². The quantitative estimate of drug-likeness (QED) is 0.261. The van der Waals surface area contributed by atoms with E-state index in [2.05, 4.69) is 139 Å². The minimum atomic E-state index is 0.892. The zero-order chi connectivity index (χ0) is 25.3. The summed E-state index contributed by atoms with van der Waals surface area (Å²) in [6.07, 6.45) is 0. The van der Waals surface area contributed by atoms with Crippen LogP contribution in [0.5, 0.6) is 0 Å². The fourth-order valence-electron chi connectivity index (χ4n) is 5.12.